The van der Waals surface area contributed by atoms with Crippen LogP contribution in [0.15, 0.2) is 109 Å². The molecule has 0 aromatic heterocycles. The van der Waals surface area contributed by atoms with Crippen LogP contribution in [0.1, 0.15) is 316 Å². The molecule has 0 saturated carbocycles. The number of unbranched alkanes of at least 4 members (excludes halogenated alkanes) is 31. The minimum Gasteiger partial charge on any atom is -0.462 e. The van der Waals surface area contributed by atoms with Gasteiger partial charge in [-0.15, -0.1) is 0 Å². The van der Waals surface area contributed by atoms with Gasteiger partial charge in [0.15, 0.2) is 6.10 Å². The van der Waals surface area contributed by atoms with Gasteiger partial charge in [-0.25, -0.2) is 0 Å². The van der Waals surface area contributed by atoms with E-state index in [1.807, 2.05) is 6.08 Å². The van der Waals surface area contributed by atoms with E-state index in [0.717, 1.165) is 96.3 Å². The van der Waals surface area contributed by atoms with Crippen molar-refractivity contribution < 1.29 is 28.6 Å². The highest BCUT2D eigenvalue weighted by Gasteiger charge is 2.19. The summed E-state index contributed by atoms with van der Waals surface area (Å²) >= 11 is 0. The molecule has 0 aromatic carbocycles. The van der Waals surface area contributed by atoms with Crippen LogP contribution in [0, 0.1) is 0 Å². The van der Waals surface area contributed by atoms with Crippen LogP contribution in [-0.2, 0) is 28.6 Å². The Morgan fingerprint density at radius 2 is 0.519 bits per heavy atom. The summed E-state index contributed by atoms with van der Waals surface area (Å²) in [5.41, 5.74) is 0. The molecule has 0 rings (SSSR count). The summed E-state index contributed by atoms with van der Waals surface area (Å²) in [5.74, 6) is -0.973. The third-order valence-electron chi connectivity index (χ3n) is 14.3. The van der Waals surface area contributed by atoms with Crippen LogP contribution in [0.4, 0.5) is 0 Å². The van der Waals surface area contributed by atoms with Crippen LogP contribution in [0.25, 0.3) is 0 Å². The molecule has 6 heteroatoms. The molecule has 0 fully saturated rings. The summed E-state index contributed by atoms with van der Waals surface area (Å²) in [6, 6.07) is 0. The fourth-order valence-electron chi connectivity index (χ4n) is 9.37. The average Bonchev–Trinajstić information content (AvgIpc) is 3.45. The average molecular weight is 1100 g/mol. The summed E-state index contributed by atoms with van der Waals surface area (Å²) in [6.07, 6.45) is 91.4. The van der Waals surface area contributed by atoms with Crippen LogP contribution in [0.5, 0.6) is 0 Å². The summed E-state index contributed by atoms with van der Waals surface area (Å²) in [5, 5.41) is 0. The minimum absolute atomic E-state index is 0.102. The lowest BCUT2D eigenvalue weighted by atomic mass is 10.0. The second-order valence-corrected chi connectivity index (χ2v) is 22.0. The summed E-state index contributed by atoms with van der Waals surface area (Å²) in [4.78, 5) is 38.2. The molecule has 0 amide bonds. The van der Waals surface area contributed by atoms with Gasteiger partial charge in [-0.2, -0.15) is 0 Å². The largest absolute Gasteiger partial charge is 0.462 e. The van der Waals surface area contributed by atoms with Crippen molar-refractivity contribution in [3.8, 4) is 0 Å². The summed E-state index contributed by atoms with van der Waals surface area (Å²) < 4.78 is 16.8. The fourth-order valence-corrected chi connectivity index (χ4v) is 9.37. The molecule has 0 heterocycles. The van der Waals surface area contributed by atoms with Gasteiger partial charge < -0.3 is 14.2 Å². The van der Waals surface area contributed by atoms with Gasteiger partial charge in [0.2, 0.25) is 0 Å². The normalized spacial score (nSPS) is 12.8. The molecule has 0 spiro atoms. The molecule has 0 aliphatic heterocycles. The smallest absolute Gasteiger partial charge is 0.306 e. The molecule has 452 valence electrons. The van der Waals surface area contributed by atoms with Crippen molar-refractivity contribution >= 4 is 17.9 Å². The van der Waals surface area contributed by atoms with Crippen LogP contribution in [0.3, 0.4) is 0 Å². The SMILES string of the molecule is CC/C=C\C/C=C\C/C=C\C/C=C\C/C=C\CCCCCCCCCCCCCCCCCCCCCC(=O)OCC(COC(=O)CCCCCCCCCCCCCCC)OC(=O)CC/C=C\C/C=C\C/C=C\C/C=C\CC. The van der Waals surface area contributed by atoms with E-state index in [1.54, 1.807) is 0 Å². The van der Waals surface area contributed by atoms with Gasteiger partial charge in [-0.05, 0) is 89.9 Å². The van der Waals surface area contributed by atoms with Crippen LogP contribution >= 0.6 is 0 Å². The molecule has 1 atom stereocenters. The molecule has 0 aliphatic rings. The molecule has 0 radical (unpaired) electrons. The zero-order valence-corrected chi connectivity index (χ0v) is 51.9. The molecule has 6 nitrogen and oxygen atoms in total. The third kappa shape index (κ3) is 64.8. The standard InChI is InChI=1S/C73H124O6/c1-4-7-10-13-16-19-22-25-26-27-28-29-30-31-32-33-34-35-36-37-38-39-40-41-42-43-44-45-46-49-51-54-57-60-63-66-72(75)78-69-70(79-73(76)67-64-61-58-55-52-48-24-21-18-15-12-9-6-3)68-77-71(74)65-62-59-56-53-50-47-23-20-17-14-11-8-5-2/h7,9-10,12,16,18-19,21,25-26,28-29,31-32,48,52,58,61,70H,4-6,8,11,13-15,17,20,22-24,27,30,33-47,49-51,53-57,59-60,62-69H2,1-3H3/b10-7-,12-9-,19-16-,21-18-,26-25-,29-28-,32-31-,52-48-,61-58-. The molecule has 79 heavy (non-hydrogen) atoms. The van der Waals surface area contributed by atoms with Gasteiger partial charge in [-0.3, -0.25) is 14.4 Å². The molecule has 0 bridgehead atoms. The second-order valence-electron chi connectivity index (χ2n) is 22.0. The Hall–Kier alpha value is -3.93. The Bertz CT molecular complexity index is 1590. The number of allylic oxidation sites excluding steroid dienone is 18. The number of ether oxygens (including phenoxy) is 3. The van der Waals surface area contributed by atoms with E-state index in [4.69, 9.17) is 14.2 Å². The van der Waals surface area contributed by atoms with E-state index in [2.05, 4.69) is 124 Å². The maximum atomic E-state index is 12.8. The molecule has 0 saturated heterocycles. The third-order valence-corrected chi connectivity index (χ3v) is 14.3. The lowest BCUT2D eigenvalue weighted by molar-refractivity contribution is -0.166. The predicted molar refractivity (Wildman–Crippen MR) is 343 cm³/mol. The van der Waals surface area contributed by atoms with Crippen LogP contribution in [0.2, 0.25) is 0 Å². The Morgan fingerprint density at radius 3 is 0.823 bits per heavy atom. The Labute approximate surface area is 489 Å². The van der Waals surface area contributed by atoms with E-state index in [0.29, 0.717) is 19.3 Å². The summed E-state index contributed by atoms with van der Waals surface area (Å²) in [6.45, 7) is 6.37. The maximum absolute atomic E-state index is 12.8. The minimum atomic E-state index is -0.813. The first-order valence-corrected chi connectivity index (χ1v) is 33.4. The predicted octanol–water partition coefficient (Wildman–Crippen LogP) is 23.0. The lowest BCUT2D eigenvalue weighted by Gasteiger charge is -2.18. The van der Waals surface area contributed by atoms with Crippen molar-refractivity contribution in [1.29, 1.82) is 0 Å². The Balaban J connectivity index is 4.11. The van der Waals surface area contributed by atoms with Crippen molar-refractivity contribution in [2.75, 3.05) is 13.2 Å². The molecular formula is C73H124O6. The van der Waals surface area contributed by atoms with Gasteiger partial charge in [-0.1, -0.05) is 316 Å². The quantitative estimate of drug-likeness (QED) is 0.0261. The van der Waals surface area contributed by atoms with Crippen molar-refractivity contribution in [2.45, 2.75) is 322 Å². The van der Waals surface area contributed by atoms with E-state index in [1.165, 1.54) is 173 Å². The number of rotatable bonds is 60. The molecular weight excluding hydrogens is 973 g/mol. The molecule has 0 aromatic rings. The number of esters is 3. The number of carbonyl (C=O) groups excluding carboxylic acids is 3. The van der Waals surface area contributed by atoms with Crippen LogP contribution < -0.4 is 0 Å². The number of carbonyl (C=O) groups is 3. The monoisotopic (exact) mass is 1100 g/mol. The number of hydrogen-bond donors (Lipinski definition) is 0. The molecule has 0 aliphatic carbocycles. The summed E-state index contributed by atoms with van der Waals surface area (Å²) in [7, 11) is 0. The highest BCUT2D eigenvalue weighted by molar-refractivity contribution is 5.71. The number of hydrogen-bond acceptors (Lipinski definition) is 6. The van der Waals surface area contributed by atoms with Gasteiger partial charge in [0.25, 0.3) is 0 Å². The van der Waals surface area contributed by atoms with E-state index < -0.39 is 6.10 Å². The van der Waals surface area contributed by atoms with Gasteiger partial charge in [0.1, 0.15) is 13.2 Å². The van der Waals surface area contributed by atoms with Gasteiger partial charge >= 0.3 is 17.9 Å². The first-order chi connectivity index (χ1) is 39.0. The van der Waals surface area contributed by atoms with Gasteiger partial charge in [0, 0.05) is 19.3 Å². The first kappa shape index (κ1) is 75.1. The van der Waals surface area contributed by atoms with Crippen LogP contribution in [-0.4, -0.2) is 37.2 Å². The second kappa shape index (κ2) is 66.6. The maximum Gasteiger partial charge on any atom is 0.306 e. The zero-order valence-electron chi connectivity index (χ0n) is 51.9. The Kier molecular flexibility index (Phi) is 63.3. The van der Waals surface area contributed by atoms with E-state index in [-0.39, 0.29) is 37.5 Å². The highest BCUT2D eigenvalue weighted by Crippen LogP contribution is 2.17. The van der Waals surface area contributed by atoms with Crippen molar-refractivity contribution in [3.63, 3.8) is 0 Å². The molecule has 1 unspecified atom stereocenters. The fraction of sp³-hybridized carbons (Fsp3) is 0.712. The van der Waals surface area contributed by atoms with Gasteiger partial charge in [0.05, 0.1) is 0 Å². The topological polar surface area (TPSA) is 78.9 Å². The Morgan fingerprint density at radius 1 is 0.266 bits per heavy atom. The first-order valence-electron chi connectivity index (χ1n) is 33.4. The van der Waals surface area contributed by atoms with E-state index >= 15 is 0 Å². The lowest BCUT2D eigenvalue weighted by Crippen LogP contribution is -2.30. The van der Waals surface area contributed by atoms with E-state index in [9.17, 15) is 14.4 Å². The zero-order chi connectivity index (χ0) is 57.1. The highest BCUT2D eigenvalue weighted by atomic mass is 16.6. The van der Waals surface area contributed by atoms with Crippen molar-refractivity contribution in [1.82, 2.24) is 0 Å². The molecule has 0 N–H and O–H groups in total. The van der Waals surface area contributed by atoms with Crippen molar-refractivity contribution in [3.05, 3.63) is 109 Å². The van der Waals surface area contributed by atoms with Crippen molar-refractivity contribution in [2.24, 2.45) is 0 Å².